The Hall–Kier alpha value is -1.55. The van der Waals surface area contributed by atoms with Crippen molar-refractivity contribution in [2.45, 2.75) is 38.1 Å². The Kier molecular flexibility index (Phi) is 5.21. The van der Waals surface area contributed by atoms with E-state index in [-0.39, 0.29) is 5.91 Å². The molecule has 1 amide bonds. The molecule has 4 heteroatoms. The van der Waals surface area contributed by atoms with Gasteiger partial charge < -0.3 is 4.90 Å². The van der Waals surface area contributed by atoms with Crippen molar-refractivity contribution in [2.24, 2.45) is 5.92 Å². The lowest BCUT2D eigenvalue weighted by Crippen LogP contribution is -2.38. The quantitative estimate of drug-likeness (QED) is 0.791. The van der Waals surface area contributed by atoms with E-state index in [0.717, 1.165) is 48.8 Å². The fourth-order valence-corrected chi connectivity index (χ4v) is 3.99. The number of hydrogen-bond acceptors (Lipinski definition) is 3. The first kappa shape index (κ1) is 16.3. The third-order valence-corrected chi connectivity index (χ3v) is 5.63. The lowest BCUT2D eigenvalue weighted by molar-refractivity contribution is -0.129. The molecule has 1 aliphatic rings. The summed E-state index contributed by atoms with van der Waals surface area (Å²) in [5, 5.41) is 2.18. The molecule has 1 aromatic heterocycles. The molecule has 2 aromatic rings. The van der Waals surface area contributed by atoms with Crippen molar-refractivity contribution in [2.75, 3.05) is 18.8 Å². The molecule has 122 valence electrons. The van der Waals surface area contributed by atoms with Crippen LogP contribution in [0.25, 0.3) is 10.9 Å². The number of pyridine rings is 1. The number of benzene rings is 1. The highest BCUT2D eigenvalue weighted by Gasteiger charge is 2.20. The zero-order chi connectivity index (χ0) is 16.2. The second-order valence-electron chi connectivity index (χ2n) is 6.35. The maximum atomic E-state index is 12.4. The number of aromatic nitrogens is 1. The molecule has 3 rings (SSSR count). The van der Waals surface area contributed by atoms with E-state index in [1.54, 1.807) is 11.8 Å². The number of para-hydroxylation sites is 1. The van der Waals surface area contributed by atoms with Gasteiger partial charge in [0.25, 0.3) is 0 Å². The molecule has 23 heavy (non-hydrogen) atoms. The van der Waals surface area contributed by atoms with Gasteiger partial charge >= 0.3 is 0 Å². The van der Waals surface area contributed by atoms with Crippen LogP contribution in [0.1, 0.15) is 32.3 Å². The van der Waals surface area contributed by atoms with Crippen LogP contribution in [0.4, 0.5) is 0 Å². The topological polar surface area (TPSA) is 33.2 Å². The molecular formula is C19H24N2OS. The molecule has 1 aromatic carbocycles. The Bertz CT molecular complexity index is 693. The van der Waals surface area contributed by atoms with Gasteiger partial charge in [-0.3, -0.25) is 4.79 Å². The van der Waals surface area contributed by atoms with Crippen LogP contribution in [0.3, 0.4) is 0 Å². The van der Waals surface area contributed by atoms with Gasteiger partial charge in [0.2, 0.25) is 5.91 Å². The summed E-state index contributed by atoms with van der Waals surface area (Å²) in [6.45, 7) is 6.23. The standard InChI is InChI=1S/C19H24N2OS/c1-3-15-12-16-6-4-5-7-17(16)20-19(15)23-13-18(22)21-10-8-14(2)9-11-21/h4-7,12,14H,3,8-11,13H2,1-2H3. The predicted molar refractivity (Wildman–Crippen MR) is 96.8 cm³/mol. The third kappa shape index (κ3) is 3.86. The highest BCUT2D eigenvalue weighted by atomic mass is 32.2. The molecule has 0 unspecified atom stereocenters. The van der Waals surface area contributed by atoms with Gasteiger partial charge in [-0.15, -0.1) is 0 Å². The summed E-state index contributed by atoms with van der Waals surface area (Å²) >= 11 is 1.59. The van der Waals surface area contributed by atoms with Gasteiger partial charge in [0, 0.05) is 18.5 Å². The van der Waals surface area contributed by atoms with Crippen molar-refractivity contribution < 1.29 is 4.79 Å². The minimum Gasteiger partial charge on any atom is -0.342 e. The number of likely N-dealkylation sites (tertiary alicyclic amines) is 1. The molecule has 0 aliphatic carbocycles. The Morgan fingerprint density at radius 3 is 2.78 bits per heavy atom. The van der Waals surface area contributed by atoms with E-state index >= 15 is 0 Å². The van der Waals surface area contributed by atoms with E-state index in [9.17, 15) is 4.79 Å². The van der Waals surface area contributed by atoms with E-state index in [1.165, 1.54) is 10.9 Å². The Morgan fingerprint density at radius 1 is 1.30 bits per heavy atom. The second kappa shape index (κ2) is 7.35. The van der Waals surface area contributed by atoms with Crippen LogP contribution in [-0.4, -0.2) is 34.6 Å². The van der Waals surface area contributed by atoms with E-state index in [1.807, 2.05) is 23.1 Å². The number of hydrogen-bond donors (Lipinski definition) is 0. The van der Waals surface area contributed by atoms with E-state index in [2.05, 4.69) is 26.0 Å². The molecule has 2 heterocycles. The number of fused-ring (bicyclic) bond motifs is 1. The van der Waals surface area contributed by atoms with E-state index in [0.29, 0.717) is 5.75 Å². The molecule has 1 fully saturated rings. The normalized spacial score (nSPS) is 16.0. The van der Waals surface area contributed by atoms with Gasteiger partial charge in [-0.05, 0) is 42.9 Å². The molecule has 0 bridgehead atoms. The molecular weight excluding hydrogens is 304 g/mol. The van der Waals surface area contributed by atoms with Crippen molar-refractivity contribution in [3.05, 3.63) is 35.9 Å². The molecule has 0 spiro atoms. The molecule has 1 aliphatic heterocycles. The maximum absolute atomic E-state index is 12.4. The highest BCUT2D eigenvalue weighted by Crippen LogP contribution is 2.26. The van der Waals surface area contributed by atoms with Crippen LogP contribution in [0, 0.1) is 5.92 Å². The molecule has 0 saturated carbocycles. The summed E-state index contributed by atoms with van der Waals surface area (Å²) in [6, 6.07) is 10.4. The number of nitrogens with zero attached hydrogens (tertiary/aromatic N) is 2. The fraction of sp³-hybridized carbons (Fsp3) is 0.474. The summed E-state index contributed by atoms with van der Waals surface area (Å²) in [4.78, 5) is 19.2. The Morgan fingerprint density at radius 2 is 2.04 bits per heavy atom. The number of rotatable bonds is 4. The summed E-state index contributed by atoms with van der Waals surface area (Å²) in [7, 11) is 0. The monoisotopic (exact) mass is 328 g/mol. The van der Waals surface area contributed by atoms with Crippen molar-refractivity contribution in [1.29, 1.82) is 0 Å². The zero-order valence-electron chi connectivity index (χ0n) is 13.9. The molecule has 1 saturated heterocycles. The van der Waals surface area contributed by atoms with Gasteiger partial charge in [-0.25, -0.2) is 4.98 Å². The lowest BCUT2D eigenvalue weighted by atomic mass is 9.99. The Balaban J connectivity index is 1.69. The second-order valence-corrected chi connectivity index (χ2v) is 7.31. The number of carbonyl (C=O) groups is 1. The van der Waals surface area contributed by atoms with Crippen molar-refractivity contribution in [1.82, 2.24) is 9.88 Å². The first-order valence-electron chi connectivity index (χ1n) is 8.46. The van der Waals surface area contributed by atoms with Crippen LogP contribution in [0.15, 0.2) is 35.4 Å². The number of thioether (sulfide) groups is 1. The van der Waals surface area contributed by atoms with Crippen LogP contribution in [0.2, 0.25) is 0 Å². The predicted octanol–water partition coefficient (Wildman–Crippen LogP) is 4.15. The summed E-state index contributed by atoms with van der Waals surface area (Å²) in [5.74, 6) is 1.49. The Labute approximate surface area is 142 Å². The summed E-state index contributed by atoms with van der Waals surface area (Å²) in [6.07, 6.45) is 3.20. The largest absolute Gasteiger partial charge is 0.342 e. The minimum atomic E-state index is 0.249. The van der Waals surface area contributed by atoms with Gasteiger partial charge in [0.05, 0.1) is 11.3 Å². The summed E-state index contributed by atoms with van der Waals surface area (Å²) < 4.78 is 0. The van der Waals surface area contributed by atoms with Crippen LogP contribution in [-0.2, 0) is 11.2 Å². The third-order valence-electron chi connectivity index (χ3n) is 4.61. The van der Waals surface area contributed by atoms with Crippen molar-refractivity contribution >= 4 is 28.6 Å². The van der Waals surface area contributed by atoms with Crippen LogP contribution in [0.5, 0.6) is 0 Å². The lowest BCUT2D eigenvalue weighted by Gasteiger charge is -2.30. The van der Waals surface area contributed by atoms with Crippen molar-refractivity contribution in [3.8, 4) is 0 Å². The number of aryl methyl sites for hydroxylation is 1. The molecule has 0 atom stereocenters. The van der Waals surface area contributed by atoms with Gasteiger partial charge in [0.1, 0.15) is 5.03 Å². The molecule has 0 N–H and O–H groups in total. The van der Waals surface area contributed by atoms with Gasteiger partial charge in [-0.2, -0.15) is 0 Å². The van der Waals surface area contributed by atoms with Crippen LogP contribution < -0.4 is 0 Å². The van der Waals surface area contributed by atoms with Gasteiger partial charge in [0.15, 0.2) is 0 Å². The number of piperidine rings is 1. The fourth-order valence-electron chi connectivity index (χ4n) is 3.00. The average Bonchev–Trinajstić information content (AvgIpc) is 2.59. The number of carbonyl (C=O) groups excluding carboxylic acids is 1. The average molecular weight is 328 g/mol. The molecule has 3 nitrogen and oxygen atoms in total. The van der Waals surface area contributed by atoms with Gasteiger partial charge in [-0.1, -0.05) is 43.8 Å². The first-order valence-corrected chi connectivity index (χ1v) is 9.45. The number of amides is 1. The van der Waals surface area contributed by atoms with E-state index in [4.69, 9.17) is 4.98 Å². The maximum Gasteiger partial charge on any atom is 0.232 e. The summed E-state index contributed by atoms with van der Waals surface area (Å²) in [5.41, 5.74) is 2.24. The van der Waals surface area contributed by atoms with E-state index < -0.39 is 0 Å². The first-order chi connectivity index (χ1) is 11.2. The van der Waals surface area contributed by atoms with Crippen LogP contribution >= 0.6 is 11.8 Å². The molecule has 0 radical (unpaired) electrons. The minimum absolute atomic E-state index is 0.249. The zero-order valence-corrected chi connectivity index (χ0v) is 14.7. The smallest absolute Gasteiger partial charge is 0.232 e. The van der Waals surface area contributed by atoms with Crippen molar-refractivity contribution in [3.63, 3.8) is 0 Å². The highest BCUT2D eigenvalue weighted by molar-refractivity contribution is 7.99. The SMILES string of the molecule is CCc1cc2ccccc2nc1SCC(=O)N1CCC(C)CC1.